The van der Waals surface area contributed by atoms with Crippen molar-refractivity contribution in [1.82, 2.24) is 4.90 Å². The summed E-state index contributed by atoms with van der Waals surface area (Å²) in [4.78, 5) is 26.3. The van der Waals surface area contributed by atoms with Crippen LogP contribution in [-0.2, 0) is 14.3 Å². The lowest BCUT2D eigenvalue weighted by Gasteiger charge is -2.34. The van der Waals surface area contributed by atoms with E-state index in [1.807, 2.05) is 0 Å². The van der Waals surface area contributed by atoms with Gasteiger partial charge in [0.15, 0.2) is 0 Å². The molecule has 2 rings (SSSR count). The number of ether oxygens (including phenoxy) is 1. The van der Waals surface area contributed by atoms with Gasteiger partial charge in [0.05, 0.1) is 7.11 Å². The topological polar surface area (TPSA) is 46.6 Å². The molecule has 4 heteroatoms. The molecule has 1 unspecified atom stereocenters. The number of carbonyl (C=O) groups excluding carboxylic acids is 2. The van der Waals surface area contributed by atoms with E-state index in [4.69, 9.17) is 4.74 Å². The van der Waals surface area contributed by atoms with Crippen molar-refractivity contribution in [3.63, 3.8) is 0 Å². The van der Waals surface area contributed by atoms with Crippen LogP contribution in [0.1, 0.15) is 47.0 Å². The minimum absolute atomic E-state index is 0.0161. The second-order valence-corrected chi connectivity index (χ2v) is 6.94. The van der Waals surface area contributed by atoms with Gasteiger partial charge in [0, 0.05) is 12.5 Å². The molecule has 2 fully saturated rings. The highest BCUT2D eigenvalue weighted by Crippen LogP contribution is 2.68. The molecule has 0 aromatic heterocycles. The summed E-state index contributed by atoms with van der Waals surface area (Å²) >= 11 is 0. The monoisotopic (exact) mass is 267 g/mol. The predicted octanol–water partition coefficient (Wildman–Crippen LogP) is 2.22. The molecule has 0 spiro atoms. The number of rotatable bonds is 2. The van der Waals surface area contributed by atoms with Crippen LogP contribution < -0.4 is 0 Å². The van der Waals surface area contributed by atoms with E-state index in [1.54, 1.807) is 4.90 Å². The summed E-state index contributed by atoms with van der Waals surface area (Å²) in [6.07, 6.45) is 2.69. The summed E-state index contributed by atoms with van der Waals surface area (Å²) in [5.41, 5.74) is 0.0321. The van der Waals surface area contributed by atoms with Gasteiger partial charge in [0.1, 0.15) is 6.04 Å². The number of piperidine rings is 1. The molecule has 19 heavy (non-hydrogen) atoms. The third-order valence-corrected chi connectivity index (χ3v) is 5.53. The number of likely N-dealkylation sites (tertiary alicyclic amines) is 1. The molecule has 0 N–H and O–H groups in total. The molecule has 4 nitrogen and oxygen atoms in total. The maximum atomic E-state index is 12.7. The first-order chi connectivity index (χ1) is 8.75. The van der Waals surface area contributed by atoms with Gasteiger partial charge < -0.3 is 9.64 Å². The molecule has 1 saturated carbocycles. The van der Waals surface area contributed by atoms with E-state index in [9.17, 15) is 9.59 Å². The average Bonchev–Trinajstić information content (AvgIpc) is 2.78. The van der Waals surface area contributed by atoms with Gasteiger partial charge in [-0.25, -0.2) is 4.79 Å². The number of hydrogen-bond acceptors (Lipinski definition) is 3. The fraction of sp³-hybridized carbons (Fsp3) is 0.867. The van der Waals surface area contributed by atoms with Gasteiger partial charge in [-0.2, -0.15) is 0 Å². The molecule has 1 amide bonds. The highest BCUT2D eigenvalue weighted by atomic mass is 16.5. The molecule has 0 bridgehead atoms. The number of methoxy groups -OCH3 is 1. The number of hydrogen-bond donors (Lipinski definition) is 0. The van der Waals surface area contributed by atoms with Crippen LogP contribution in [0.2, 0.25) is 0 Å². The number of amides is 1. The largest absolute Gasteiger partial charge is 0.467 e. The normalized spacial score (nSPS) is 28.9. The molecule has 0 aromatic carbocycles. The van der Waals surface area contributed by atoms with Crippen LogP contribution in [-0.4, -0.2) is 36.5 Å². The van der Waals surface area contributed by atoms with Crippen molar-refractivity contribution in [2.24, 2.45) is 16.7 Å². The second-order valence-electron chi connectivity index (χ2n) is 6.94. The molecule has 0 aromatic rings. The van der Waals surface area contributed by atoms with Crippen LogP contribution in [0.25, 0.3) is 0 Å². The van der Waals surface area contributed by atoms with Crippen LogP contribution in [0.5, 0.6) is 0 Å². The Labute approximate surface area is 115 Å². The lowest BCUT2D eigenvalue weighted by molar-refractivity contribution is -0.155. The van der Waals surface area contributed by atoms with Gasteiger partial charge in [-0.15, -0.1) is 0 Å². The first kappa shape index (κ1) is 14.4. The number of nitrogens with zero attached hydrogens (tertiary/aromatic N) is 1. The zero-order valence-corrected chi connectivity index (χ0v) is 12.7. The quantitative estimate of drug-likeness (QED) is 0.721. The predicted molar refractivity (Wildman–Crippen MR) is 72.4 cm³/mol. The molecular formula is C15H25NO3. The fourth-order valence-corrected chi connectivity index (χ4v) is 3.56. The lowest BCUT2D eigenvalue weighted by Crippen LogP contribution is -2.49. The molecule has 1 heterocycles. The first-order valence-electron chi connectivity index (χ1n) is 7.13. The molecule has 1 aliphatic heterocycles. The summed E-state index contributed by atoms with van der Waals surface area (Å²) in [6.45, 7) is 9.21. The van der Waals surface area contributed by atoms with E-state index in [-0.39, 0.29) is 34.7 Å². The fourth-order valence-electron chi connectivity index (χ4n) is 3.56. The van der Waals surface area contributed by atoms with E-state index >= 15 is 0 Å². The third-order valence-electron chi connectivity index (χ3n) is 5.53. The highest BCUT2D eigenvalue weighted by Gasteiger charge is 2.69. The van der Waals surface area contributed by atoms with Crippen molar-refractivity contribution in [3.05, 3.63) is 0 Å². The van der Waals surface area contributed by atoms with Gasteiger partial charge in [-0.1, -0.05) is 27.7 Å². The summed E-state index contributed by atoms with van der Waals surface area (Å²) in [5.74, 6) is -0.125. The molecular weight excluding hydrogens is 242 g/mol. The Morgan fingerprint density at radius 3 is 2.16 bits per heavy atom. The maximum Gasteiger partial charge on any atom is 0.328 e. The Bertz CT molecular complexity index is 386. The lowest BCUT2D eigenvalue weighted by atomic mass is 10.0. The Kier molecular flexibility index (Phi) is 3.40. The van der Waals surface area contributed by atoms with Crippen LogP contribution in [0.3, 0.4) is 0 Å². The van der Waals surface area contributed by atoms with Crippen molar-refractivity contribution < 1.29 is 14.3 Å². The van der Waals surface area contributed by atoms with Crippen LogP contribution in [0, 0.1) is 16.7 Å². The van der Waals surface area contributed by atoms with Crippen LogP contribution in [0.15, 0.2) is 0 Å². The van der Waals surface area contributed by atoms with E-state index in [0.717, 1.165) is 19.3 Å². The van der Waals surface area contributed by atoms with Crippen molar-refractivity contribution in [3.8, 4) is 0 Å². The first-order valence-corrected chi connectivity index (χ1v) is 7.13. The van der Waals surface area contributed by atoms with Gasteiger partial charge in [-0.05, 0) is 30.1 Å². The molecule has 1 aliphatic carbocycles. The highest BCUT2D eigenvalue weighted by molar-refractivity contribution is 5.89. The molecule has 2 aliphatic rings. The minimum Gasteiger partial charge on any atom is -0.467 e. The molecule has 1 atom stereocenters. The van der Waals surface area contributed by atoms with E-state index < -0.39 is 0 Å². The summed E-state index contributed by atoms with van der Waals surface area (Å²) < 4.78 is 4.84. The smallest absolute Gasteiger partial charge is 0.328 e. The van der Waals surface area contributed by atoms with Crippen LogP contribution >= 0.6 is 0 Å². The maximum absolute atomic E-state index is 12.7. The average molecular weight is 267 g/mol. The molecule has 1 saturated heterocycles. The van der Waals surface area contributed by atoms with Gasteiger partial charge in [0.25, 0.3) is 0 Å². The Hall–Kier alpha value is -1.06. The third kappa shape index (κ3) is 2.05. The molecule has 108 valence electrons. The number of carbonyl (C=O) groups is 2. The SMILES string of the molecule is COC(=O)C1CCCCN1C(=O)C1C(C)(C)C1(C)C. The van der Waals surface area contributed by atoms with Crippen molar-refractivity contribution in [2.45, 2.75) is 53.0 Å². The van der Waals surface area contributed by atoms with Gasteiger partial charge in [-0.3, -0.25) is 4.79 Å². The standard InChI is InChI=1S/C15H25NO3/c1-14(2)11(15(14,3)4)12(17)16-9-7-6-8-10(16)13(18)19-5/h10-11H,6-9H2,1-5H3. The van der Waals surface area contributed by atoms with Crippen LogP contribution in [0.4, 0.5) is 0 Å². The van der Waals surface area contributed by atoms with E-state index in [0.29, 0.717) is 6.54 Å². The summed E-state index contributed by atoms with van der Waals surface area (Å²) in [6, 6.07) is -0.376. The summed E-state index contributed by atoms with van der Waals surface area (Å²) in [5, 5.41) is 0. The Morgan fingerprint density at radius 2 is 1.68 bits per heavy atom. The summed E-state index contributed by atoms with van der Waals surface area (Å²) in [7, 11) is 1.39. The van der Waals surface area contributed by atoms with Crippen molar-refractivity contribution >= 4 is 11.9 Å². The zero-order valence-electron chi connectivity index (χ0n) is 12.7. The second kappa shape index (κ2) is 4.50. The Morgan fingerprint density at radius 1 is 1.11 bits per heavy atom. The minimum atomic E-state index is -0.376. The van der Waals surface area contributed by atoms with E-state index in [2.05, 4.69) is 27.7 Å². The van der Waals surface area contributed by atoms with Crippen molar-refractivity contribution in [2.75, 3.05) is 13.7 Å². The number of esters is 1. The van der Waals surface area contributed by atoms with Gasteiger partial charge >= 0.3 is 5.97 Å². The Balaban J connectivity index is 2.16. The van der Waals surface area contributed by atoms with Crippen molar-refractivity contribution in [1.29, 1.82) is 0 Å². The van der Waals surface area contributed by atoms with E-state index in [1.165, 1.54) is 7.11 Å². The zero-order chi connectivity index (χ0) is 14.4. The molecule has 0 radical (unpaired) electrons. The van der Waals surface area contributed by atoms with Gasteiger partial charge in [0.2, 0.25) is 5.91 Å².